The van der Waals surface area contributed by atoms with Crippen molar-refractivity contribution in [3.8, 4) is 0 Å². The summed E-state index contributed by atoms with van der Waals surface area (Å²) in [7, 11) is 0. The van der Waals surface area contributed by atoms with Gasteiger partial charge in [0.15, 0.2) is 0 Å². The molecule has 21 heavy (non-hydrogen) atoms. The Morgan fingerprint density at radius 2 is 2.19 bits per heavy atom. The molecule has 2 N–H and O–H groups in total. The highest BCUT2D eigenvalue weighted by Crippen LogP contribution is 2.20. The first-order chi connectivity index (χ1) is 9.87. The SMILES string of the molecule is CC(C)(C)OC(=O)NCC=Cc1cccc2c1CNC2=O. The highest BCUT2D eigenvalue weighted by Gasteiger charge is 2.20. The molecular weight excluding hydrogens is 268 g/mol. The summed E-state index contributed by atoms with van der Waals surface area (Å²) in [6.45, 7) is 6.38. The van der Waals surface area contributed by atoms with Crippen LogP contribution >= 0.6 is 0 Å². The summed E-state index contributed by atoms with van der Waals surface area (Å²) in [5.74, 6) is -0.0351. The average Bonchev–Trinajstić information content (AvgIpc) is 2.75. The summed E-state index contributed by atoms with van der Waals surface area (Å²) in [5, 5.41) is 5.45. The van der Waals surface area contributed by atoms with Crippen LogP contribution in [0.25, 0.3) is 6.08 Å². The van der Waals surface area contributed by atoms with Crippen LogP contribution < -0.4 is 10.6 Å². The Bertz CT molecular complexity index is 586. The molecule has 2 amide bonds. The van der Waals surface area contributed by atoms with Gasteiger partial charge >= 0.3 is 6.09 Å². The lowest BCUT2D eigenvalue weighted by atomic mass is 10.0. The van der Waals surface area contributed by atoms with Crippen LogP contribution in [0.5, 0.6) is 0 Å². The van der Waals surface area contributed by atoms with Gasteiger partial charge in [-0.2, -0.15) is 0 Å². The van der Waals surface area contributed by atoms with Gasteiger partial charge in [0.2, 0.25) is 0 Å². The van der Waals surface area contributed by atoms with E-state index in [0.717, 1.165) is 16.7 Å². The smallest absolute Gasteiger partial charge is 0.407 e. The predicted molar refractivity (Wildman–Crippen MR) is 80.9 cm³/mol. The minimum atomic E-state index is -0.500. The van der Waals surface area contributed by atoms with E-state index in [1.807, 2.05) is 51.1 Å². The molecule has 1 heterocycles. The van der Waals surface area contributed by atoms with E-state index in [0.29, 0.717) is 13.1 Å². The van der Waals surface area contributed by atoms with Crippen molar-refractivity contribution in [1.82, 2.24) is 10.6 Å². The number of hydrogen-bond donors (Lipinski definition) is 2. The van der Waals surface area contributed by atoms with Gasteiger partial charge in [-0.15, -0.1) is 0 Å². The van der Waals surface area contributed by atoms with E-state index in [1.54, 1.807) is 0 Å². The van der Waals surface area contributed by atoms with Crippen molar-refractivity contribution < 1.29 is 14.3 Å². The van der Waals surface area contributed by atoms with Gasteiger partial charge < -0.3 is 15.4 Å². The minimum absolute atomic E-state index is 0.0351. The third-order valence-corrected chi connectivity index (χ3v) is 2.94. The first kappa shape index (κ1) is 15.1. The van der Waals surface area contributed by atoms with Crippen molar-refractivity contribution in [3.05, 3.63) is 41.0 Å². The molecule has 2 rings (SSSR count). The van der Waals surface area contributed by atoms with E-state index in [-0.39, 0.29) is 5.91 Å². The number of carbonyl (C=O) groups excluding carboxylic acids is 2. The number of amides is 2. The molecule has 0 aliphatic carbocycles. The van der Waals surface area contributed by atoms with Crippen molar-refractivity contribution in [2.75, 3.05) is 6.54 Å². The van der Waals surface area contributed by atoms with Crippen LogP contribution in [0.1, 0.15) is 42.3 Å². The van der Waals surface area contributed by atoms with E-state index >= 15 is 0 Å². The van der Waals surface area contributed by atoms with Crippen LogP contribution in [0.4, 0.5) is 4.79 Å². The molecule has 0 saturated heterocycles. The molecular formula is C16H20N2O3. The Kier molecular flexibility index (Phi) is 4.31. The molecule has 5 nitrogen and oxygen atoms in total. The van der Waals surface area contributed by atoms with Crippen molar-refractivity contribution in [2.45, 2.75) is 32.9 Å². The Morgan fingerprint density at radius 3 is 2.90 bits per heavy atom. The summed E-state index contributed by atoms with van der Waals surface area (Å²) in [5.41, 5.74) is 2.20. The molecule has 0 atom stereocenters. The second-order valence-electron chi connectivity index (χ2n) is 5.84. The number of rotatable bonds is 3. The molecule has 1 aliphatic rings. The highest BCUT2D eigenvalue weighted by molar-refractivity contribution is 5.99. The van der Waals surface area contributed by atoms with E-state index in [9.17, 15) is 9.59 Å². The van der Waals surface area contributed by atoms with Crippen LogP contribution in [0, 0.1) is 0 Å². The molecule has 5 heteroatoms. The molecule has 112 valence electrons. The monoisotopic (exact) mass is 288 g/mol. The van der Waals surface area contributed by atoms with Gasteiger partial charge in [-0.05, 0) is 38.0 Å². The molecule has 1 aliphatic heterocycles. The van der Waals surface area contributed by atoms with Crippen molar-refractivity contribution >= 4 is 18.1 Å². The third-order valence-electron chi connectivity index (χ3n) is 2.94. The molecule has 0 unspecified atom stereocenters. The number of benzene rings is 1. The summed E-state index contributed by atoms with van der Waals surface area (Å²) >= 11 is 0. The lowest BCUT2D eigenvalue weighted by Crippen LogP contribution is -2.32. The number of ether oxygens (including phenoxy) is 1. The second kappa shape index (κ2) is 5.99. The standard InChI is InChI=1S/C16H20N2O3/c1-16(2,3)21-15(20)17-9-5-7-11-6-4-8-12-13(11)10-18-14(12)19/h4-8H,9-10H2,1-3H3,(H,17,20)(H,18,19). The summed E-state index contributed by atoms with van der Waals surface area (Å²) in [6, 6.07) is 5.61. The Labute approximate surface area is 124 Å². The molecule has 1 aromatic carbocycles. The maximum Gasteiger partial charge on any atom is 0.407 e. The van der Waals surface area contributed by atoms with Gasteiger partial charge in [-0.3, -0.25) is 4.79 Å². The van der Waals surface area contributed by atoms with Crippen molar-refractivity contribution in [2.24, 2.45) is 0 Å². The van der Waals surface area contributed by atoms with E-state index < -0.39 is 11.7 Å². The van der Waals surface area contributed by atoms with Crippen molar-refractivity contribution in [3.63, 3.8) is 0 Å². The maximum atomic E-state index is 11.6. The van der Waals surface area contributed by atoms with Crippen LogP contribution in [-0.4, -0.2) is 24.1 Å². The minimum Gasteiger partial charge on any atom is -0.444 e. The lowest BCUT2D eigenvalue weighted by molar-refractivity contribution is 0.0534. The van der Waals surface area contributed by atoms with Crippen LogP contribution in [0.3, 0.4) is 0 Å². The zero-order chi connectivity index (χ0) is 15.5. The average molecular weight is 288 g/mol. The molecule has 0 bridgehead atoms. The van der Waals surface area contributed by atoms with Crippen LogP contribution in [-0.2, 0) is 11.3 Å². The highest BCUT2D eigenvalue weighted by atomic mass is 16.6. The number of alkyl carbamates (subject to hydrolysis) is 1. The number of carbonyl (C=O) groups is 2. The normalized spacial score (nSPS) is 14.0. The summed E-state index contributed by atoms with van der Waals surface area (Å²) in [6.07, 6.45) is 3.29. The quantitative estimate of drug-likeness (QED) is 0.898. The zero-order valence-corrected chi connectivity index (χ0v) is 12.5. The summed E-state index contributed by atoms with van der Waals surface area (Å²) < 4.78 is 5.14. The molecule has 0 spiro atoms. The molecule has 0 aromatic heterocycles. The molecule has 0 saturated carbocycles. The molecule has 1 aromatic rings. The maximum absolute atomic E-state index is 11.6. The Balaban J connectivity index is 1.92. The Morgan fingerprint density at radius 1 is 1.43 bits per heavy atom. The molecule has 0 fully saturated rings. The third kappa shape index (κ3) is 4.08. The van der Waals surface area contributed by atoms with Gasteiger partial charge in [-0.1, -0.05) is 24.3 Å². The largest absolute Gasteiger partial charge is 0.444 e. The van der Waals surface area contributed by atoms with Crippen molar-refractivity contribution in [1.29, 1.82) is 0 Å². The lowest BCUT2D eigenvalue weighted by Gasteiger charge is -2.19. The summed E-state index contributed by atoms with van der Waals surface area (Å²) in [4.78, 5) is 23.0. The number of hydrogen-bond acceptors (Lipinski definition) is 3. The fraction of sp³-hybridized carbons (Fsp3) is 0.375. The van der Waals surface area contributed by atoms with Gasteiger partial charge in [0.1, 0.15) is 5.60 Å². The number of fused-ring (bicyclic) bond motifs is 1. The van der Waals surface area contributed by atoms with Gasteiger partial charge in [0, 0.05) is 18.7 Å². The first-order valence-electron chi connectivity index (χ1n) is 6.90. The fourth-order valence-electron chi connectivity index (χ4n) is 2.08. The topological polar surface area (TPSA) is 67.4 Å². The second-order valence-corrected chi connectivity index (χ2v) is 5.84. The van der Waals surface area contributed by atoms with E-state index in [2.05, 4.69) is 10.6 Å². The van der Waals surface area contributed by atoms with Crippen LogP contribution in [0.2, 0.25) is 0 Å². The first-order valence-corrected chi connectivity index (χ1v) is 6.90. The zero-order valence-electron chi connectivity index (χ0n) is 12.5. The predicted octanol–water partition coefficient (Wildman–Crippen LogP) is 2.47. The molecule has 0 radical (unpaired) electrons. The number of nitrogens with one attached hydrogen (secondary N) is 2. The van der Waals surface area contributed by atoms with E-state index in [1.165, 1.54) is 0 Å². The fourth-order valence-corrected chi connectivity index (χ4v) is 2.08. The van der Waals surface area contributed by atoms with Crippen LogP contribution in [0.15, 0.2) is 24.3 Å². The van der Waals surface area contributed by atoms with E-state index in [4.69, 9.17) is 4.74 Å². The van der Waals surface area contributed by atoms with Gasteiger partial charge in [-0.25, -0.2) is 4.79 Å². The Hall–Kier alpha value is -2.30. The van der Waals surface area contributed by atoms with Gasteiger partial charge in [0.05, 0.1) is 0 Å². The van der Waals surface area contributed by atoms with Gasteiger partial charge in [0.25, 0.3) is 5.91 Å².